The lowest BCUT2D eigenvalue weighted by Crippen LogP contribution is -2.30. The Kier molecular flexibility index (Phi) is 4.80. The van der Waals surface area contributed by atoms with Crippen molar-refractivity contribution in [3.8, 4) is 5.75 Å². The molecule has 0 atom stereocenters. The number of ether oxygens (including phenoxy) is 1. The van der Waals surface area contributed by atoms with E-state index in [1.54, 1.807) is 6.92 Å². The first-order valence-electron chi connectivity index (χ1n) is 4.58. The molecule has 0 radical (unpaired) electrons. The Bertz CT molecular complexity index is 396. The van der Waals surface area contributed by atoms with Gasteiger partial charge in [0.1, 0.15) is 18.2 Å². The molecule has 0 saturated heterocycles. The molecule has 1 aromatic rings. The number of rotatable bonds is 4. The minimum atomic E-state index is -1.72. The fourth-order valence-corrected chi connectivity index (χ4v) is 1.11. The molecule has 6 heteroatoms. The molecule has 2 N–H and O–H groups in total. The van der Waals surface area contributed by atoms with Crippen molar-refractivity contribution < 1.29 is 19.2 Å². The van der Waals surface area contributed by atoms with E-state index >= 15 is 0 Å². The molecule has 0 saturated carbocycles. The third kappa shape index (κ3) is 3.85. The normalized spacial score (nSPS) is 11.4. The molecule has 1 aromatic carbocycles. The van der Waals surface area contributed by atoms with Crippen LogP contribution in [0.2, 0.25) is 0 Å². The van der Waals surface area contributed by atoms with Gasteiger partial charge in [-0.05, 0) is 30.1 Å². The van der Waals surface area contributed by atoms with E-state index in [2.05, 4.69) is 0 Å². The quantitative estimate of drug-likeness (QED) is 0.778. The highest BCUT2D eigenvalue weighted by Crippen LogP contribution is 2.12. The summed E-state index contributed by atoms with van der Waals surface area (Å²) in [5.74, 6) is -0.367. The van der Waals surface area contributed by atoms with Crippen molar-refractivity contribution in [2.75, 3.05) is 6.61 Å². The molecular formula is C10H11BClFO3. The number of hydrogen-bond donors (Lipinski definition) is 2. The zero-order valence-electron chi connectivity index (χ0n) is 8.65. The standard InChI is InChI=1S/C10H11BClFO3/c1-7(5-12)6-16-10-3-8(11(14)15)2-9(13)4-10/h2-5,14-15H,6H2,1H3/b7-5-. The maximum atomic E-state index is 13.1. The van der Waals surface area contributed by atoms with E-state index in [1.807, 2.05) is 0 Å². The van der Waals surface area contributed by atoms with Gasteiger partial charge in [0.15, 0.2) is 0 Å². The van der Waals surface area contributed by atoms with Crippen molar-refractivity contribution in [2.24, 2.45) is 0 Å². The first-order chi connectivity index (χ1) is 7.52. The van der Waals surface area contributed by atoms with Crippen LogP contribution in [0.3, 0.4) is 0 Å². The zero-order valence-corrected chi connectivity index (χ0v) is 9.41. The lowest BCUT2D eigenvalue weighted by atomic mass is 9.80. The third-order valence-electron chi connectivity index (χ3n) is 1.84. The van der Waals surface area contributed by atoms with Crippen molar-refractivity contribution in [1.82, 2.24) is 0 Å². The second kappa shape index (κ2) is 5.89. The van der Waals surface area contributed by atoms with Crippen LogP contribution in [0.15, 0.2) is 29.3 Å². The van der Waals surface area contributed by atoms with Crippen LogP contribution >= 0.6 is 11.6 Å². The van der Waals surface area contributed by atoms with Gasteiger partial charge in [-0.2, -0.15) is 0 Å². The summed E-state index contributed by atoms with van der Waals surface area (Å²) in [6, 6.07) is 3.55. The summed E-state index contributed by atoms with van der Waals surface area (Å²) >= 11 is 5.44. The number of hydrogen-bond acceptors (Lipinski definition) is 3. The van der Waals surface area contributed by atoms with Crippen molar-refractivity contribution >= 4 is 24.2 Å². The molecule has 3 nitrogen and oxygen atoms in total. The Balaban J connectivity index is 2.80. The summed E-state index contributed by atoms with van der Waals surface area (Å²) in [5, 5.41) is 17.8. The fourth-order valence-electron chi connectivity index (χ4n) is 1.05. The highest BCUT2D eigenvalue weighted by molar-refractivity contribution is 6.58. The molecule has 0 heterocycles. The molecule has 16 heavy (non-hydrogen) atoms. The van der Waals surface area contributed by atoms with Crippen molar-refractivity contribution in [3.63, 3.8) is 0 Å². The Labute approximate surface area is 98.3 Å². The van der Waals surface area contributed by atoms with Gasteiger partial charge in [0.05, 0.1) is 0 Å². The van der Waals surface area contributed by atoms with Gasteiger partial charge in [-0.1, -0.05) is 11.6 Å². The number of halogens is 2. The summed E-state index contributed by atoms with van der Waals surface area (Å²) in [6.07, 6.45) is 0. The van der Waals surface area contributed by atoms with E-state index < -0.39 is 12.9 Å². The first-order valence-corrected chi connectivity index (χ1v) is 5.02. The van der Waals surface area contributed by atoms with Crippen molar-refractivity contribution in [1.29, 1.82) is 0 Å². The smallest absolute Gasteiger partial charge is 0.488 e. The zero-order chi connectivity index (χ0) is 12.1. The largest absolute Gasteiger partial charge is 0.489 e. The van der Waals surface area contributed by atoms with Crippen LogP contribution in [-0.2, 0) is 0 Å². The number of benzene rings is 1. The Morgan fingerprint density at radius 1 is 1.50 bits per heavy atom. The molecule has 0 amide bonds. The Hall–Kier alpha value is -1.04. The minimum Gasteiger partial charge on any atom is -0.489 e. The van der Waals surface area contributed by atoms with Gasteiger partial charge in [-0.15, -0.1) is 0 Å². The molecule has 0 aliphatic rings. The average molecular weight is 244 g/mol. The van der Waals surface area contributed by atoms with Gasteiger partial charge < -0.3 is 14.8 Å². The van der Waals surface area contributed by atoms with Crippen LogP contribution in [0.25, 0.3) is 0 Å². The third-order valence-corrected chi connectivity index (χ3v) is 2.22. The van der Waals surface area contributed by atoms with E-state index in [0.29, 0.717) is 0 Å². The van der Waals surface area contributed by atoms with Gasteiger partial charge in [0.25, 0.3) is 0 Å². The van der Waals surface area contributed by atoms with E-state index in [-0.39, 0.29) is 17.8 Å². The van der Waals surface area contributed by atoms with Gasteiger partial charge in [0.2, 0.25) is 0 Å². The molecule has 0 aliphatic heterocycles. The van der Waals surface area contributed by atoms with Crippen LogP contribution in [0, 0.1) is 5.82 Å². The molecule has 0 aromatic heterocycles. The van der Waals surface area contributed by atoms with Crippen LogP contribution < -0.4 is 10.2 Å². The van der Waals surface area contributed by atoms with E-state index in [9.17, 15) is 4.39 Å². The van der Waals surface area contributed by atoms with Crippen LogP contribution in [0.4, 0.5) is 4.39 Å². The fraction of sp³-hybridized carbons (Fsp3) is 0.200. The topological polar surface area (TPSA) is 49.7 Å². The van der Waals surface area contributed by atoms with Crippen molar-refractivity contribution in [3.05, 3.63) is 35.1 Å². The van der Waals surface area contributed by atoms with Crippen molar-refractivity contribution in [2.45, 2.75) is 6.92 Å². The summed E-state index contributed by atoms with van der Waals surface area (Å²) in [5.41, 5.74) is 2.18. The summed E-state index contributed by atoms with van der Waals surface area (Å²) in [6.45, 7) is 1.97. The average Bonchev–Trinajstić information content (AvgIpc) is 2.25. The highest BCUT2D eigenvalue weighted by atomic mass is 35.5. The first kappa shape index (κ1) is 13.0. The van der Waals surface area contributed by atoms with E-state index in [1.165, 1.54) is 11.6 Å². The predicted octanol–water partition coefficient (Wildman–Crippen LogP) is 1.03. The van der Waals surface area contributed by atoms with Crippen LogP contribution in [0.1, 0.15) is 6.92 Å². The molecule has 0 spiro atoms. The van der Waals surface area contributed by atoms with Crippen LogP contribution in [-0.4, -0.2) is 23.8 Å². The summed E-state index contributed by atoms with van der Waals surface area (Å²) in [4.78, 5) is 0. The monoisotopic (exact) mass is 244 g/mol. The molecule has 0 bridgehead atoms. The minimum absolute atomic E-state index is 0.0440. The lowest BCUT2D eigenvalue weighted by molar-refractivity contribution is 0.350. The van der Waals surface area contributed by atoms with Crippen LogP contribution in [0.5, 0.6) is 5.75 Å². The molecular weight excluding hydrogens is 233 g/mol. The van der Waals surface area contributed by atoms with E-state index in [4.69, 9.17) is 26.4 Å². The molecule has 0 unspecified atom stereocenters. The molecule has 1 rings (SSSR count). The summed E-state index contributed by atoms with van der Waals surface area (Å²) in [7, 11) is -1.72. The van der Waals surface area contributed by atoms with Gasteiger partial charge in [-0.3, -0.25) is 0 Å². The predicted molar refractivity (Wildman–Crippen MR) is 61.3 cm³/mol. The molecule has 0 fully saturated rings. The van der Waals surface area contributed by atoms with Gasteiger partial charge in [0, 0.05) is 11.6 Å². The lowest BCUT2D eigenvalue weighted by Gasteiger charge is -2.08. The Morgan fingerprint density at radius 2 is 2.19 bits per heavy atom. The molecule has 86 valence electrons. The second-order valence-corrected chi connectivity index (χ2v) is 3.56. The Morgan fingerprint density at radius 3 is 2.75 bits per heavy atom. The maximum absolute atomic E-state index is 13.1. The maximum Gasteiger partial charge on any atom is 0.488 e. The van der Waals surface area contributed by atoms with Gasteiger partial charge >= 0.3 is 7.12 Å². The highest BCUT2D eigenvalue weighted by Gasteiger charge is 2.13. The SMILES string of the molecule is C/C(=C/Cl)COc1cc(F)cc(B(O)O)c1. The molecule has 0 aliphatic carbocycles. The summed E-state index contributed by atoms with van der Waals surface area (Å²) < 4.78 is 18.3. The van der Waals surface area contributed by atoms with E-state index in [0.717, 1.165) is 17.7 Å². The van der Waals surface area contributed by atoms with Gasteiger partial charge in [-0.25, -0.2) is 4.39 Å². The second-order valence-electron chi connectivity index (χ2n) is 3.34.